The van der Waals surface area contributed by atoms with Gasteiger partial charge in [-0.05, 0) is 55.9 Å². The third-order valence-electron chi connectivity index (χ3n) is 6.60. The minimum absolute atomic E-state index is 0.00188. The minimum Gasteiger partial charge on any atom is -0.477 e. The number of hydrogen-bond acceptors (Lipinski definition) is 5. The van der Waals surface area contributed by atoms with Gasteiger partial charge in [0.15, 0.2) is 5.79 Å². The summed E-state index contributed by atoms with van der Waals surface area (Å²) in [4.78, 5) is 27.4. The summed E-state index contributed by atoms with van der Waals surface area (Å²) in [6.07, 6.45) is 6.95. The highest BCUT2D eigenvalue weighted by atomic mass is 32.1. The molecule has 1 amide bonds. The first-order valence-corrected chi connectivity index (χ1v) is 11.3. The molecule has 2 heterocycles. The second-order valence-corrected chi connectivity index (χ2v) is 9.36. The fraction of sp³-hybridized carbons (Fsp3) is 0.714. The first-order chi connectivity index (χ1) is 13.5. The standard InChI is InChI=1S/C21H29NO5S/c1-14-2-4-15(5-3-14)19(23)22(17-8-13-28-18(17)20(24)25)16-6-9-21(10-7-16)26-11-12-27-21/h8,13-16H,2-7,9-12H2,1H3,(H,24,25). The lowest BCUT2D eigenvalue weighted by Crippen LogP contribution is -2.49. The van der Waals surface area contributed by atoms with E-state index in [9.17, 15) is 14.7 Å². The van der Waals surface area contributed by atoms with Crippen LogP contribution in [0.25, 0.3) is 0 Å². The van der Waals surface area contributed by atoms with Gasteiger partial charge in [-0.3, -0.25) is 4.79 Å². The highest BCUT2D eigenvalue weighted by Gasteiger charge is 2.44. The van der Waals surface area contributed by atoms with Crippen molar-refractivity contribution in [1.82, 2.24) is 0 Å². The Morgan fingerprint density at radius 1 is 1.11 bits per heavy atom. The molecule has 0 bridgehead atoms. The SMILES string of the molecule is CC1CCC(C(=O)N(c2ccsc2C(=O)O)C2CCC3(CC2)OCCO3)CC1. The molecule has 0 unspecified atom stereocenters. The molecule has 0 aromatic carbocycles. The van der Waals surface area contributed by atoms with Crippen LogP contribution in [0.4, 0.5) is 5.69 Å². The summed E-state index contributed by atoms with van der Waals surface area (Å²) in [6.45, 7) is 3.49. The summed E-state index contributed by atoms with van der Waals surface area (Å²) >= 11 is 1.19. The monoisotopic (exact) mass is 407 g/mol. The fourth-order valence-corrected chi connectivity index (χ4v) is 5.66. The number of hydrogen-bond donors (Lipinski definition) is 1. The van der Waals surface area contributed by atoms with Gasteiger partial charge < -0.3 is 19.5 Å². The van der Waals surface area contributed by atoms with Crippen molar-refractivity contribution < 1.29 is 24.2 Å². The Hall–Kier alpha value is -1.44. The molecule has 1 spiro atoms. The van der Waals surface area contributed by atoms with Crippen molar-refractivity contribution in [2.24, 2.45) is 11.8 Å². The number of carbonyl (C=O) groups is 2. The van der Waals surface area contributed by atoms with Crippen LogP contribution in [0, 0.1) is 11.8 Å². The summed E-state index contributed by atoms with van der Waals surface area (Å²) in [5.41, 5.74) is 0.565. The molecule has 28 heavy (non-hydrogen) atoms. The largest absolute Gasteiger partial charge is 0.477 e. The Labute approximate surface area is 169 Å². The quantitative estimate of drug-likeness (QED) is 0.806. The number of thiophene rings is 1. The van der Waals surface area contributed by atoms with Crippen LogP contribution >= 0.6 is 11.3 Å². The second-order valence-electron chi connectivity index (χ2n) is 8.44. The molecular weight excluding hydrogens is 378 g/mol. The van der Waals surface area contributed by atoms with Crippen molar-refractivity contribution in [2.75, 3.05) is 18.1 Å². The molecule has 0 radical (unpaired) electrons. The number of ether oxygens (including phenoxy) is 2. The van der Waals surface area contributed by atoms with Gasteiger partial charge in [0.05, 0.1) is 18.9 Å². The van der Waals surface area contributed by atoms with E-state index in [1.165, 1.54) is 11.3 Å². The molecule has 4 rings (SSSR count). The van der Waals surface area contributed by atoms with Crippen molar-refractivity contribution in [3.8, 4) is 0 Å². The average Bonchev–Trinajstić information content (AvgIpc) is 3.34. The van der Waals surface area contributed by atoms with Gasteiger partial charge in [-0.1, -0.05) is 6.92 Å². The molecular formula is C21H29NO5S. The van der Waals surface area contributed by atoms with E-state index in [0.29, 0.717) is 24.8 Å². The topological polar surface area (TPSA) is 76.1 Å². The van der Waals surface area contributed by atoms with Crippen molar-refractivity contribution >= 4 is 28.9 Å². The Morgan fingerprint density at radius 2 is 1.75 bits per heavy atom. The summed E-state index contributed by atoms with van der Waals surface area (Å²) in [6, 6.07) is 1.79. The van der Waals surface area contributed by atoms with Crippen molar-refractivity contribution in [3.63, 3.8) is 0 Å². The molecule has 1 saturated heterocycles. The van der Waals surface area contributed by atoms with E-state index < -0.39 is 11.8 Å². The molecule has 154 valence electrons. The minimum atomic E-state index is -0.963. The Morgan fingerprint density at radius 3 is 2.36 bits per heavy atom. The van der Waals surface area contributed by atoms with Crippen LogP contribution in [-0.4, -0.2) is 42.0 Å². The Balaban J connectivity index is 1.57. The lowest BCUT2D eigenvalue weighted by atomic mass is 9.81. The smallest absolute Gasteiger partial charge is 0.348 e. The predicted octanol–water partition coefficient (Wildman–Crippen LogP) is 4.29. The number of aromatic carboxylic acids is 1. The van der Waals surface area contributed by atoms with Crippen LogP contribution in [0.1, 0.15) is 68.0 Å². The highest BCUT2D eigenvalue weighted by molar-refractivity contribution is 7.12. The van der Waals surface area contributed by atoms with Crippen LogP contribution in [0.3, 0.4) is 0 Å². The van der Waals surface area contributed by atoms with E-state index in [0.717, 1.165) is 51.4 Å². The molecule has 0 atom stereocenters. The summed E-state index contributed by atoms with van der Waals surface area (Å²) < 4.78 is 11.7. The Bertz CT molecular complexity index is 708. The zero-order chi connectivity index (χ0) is 19.7. The van der Waals surface area contributed by atoms with Gasteiger partial charge in [-0.25, -0.2) is 4.79 Å². The molecule has 7 heteroatoms. The predicted molar refractivity (Wildman–Crippen MR) is 107 cm³/mol. The molecule has 6 nitrogen and oxygen atoms in total. The average molecular weight is 408 g/mol. The highest BCUT2D eigenvalue weighted by Crippen LogP contribution is 2.41. The van der Waals surface area contributed by atoms with E-state index >= 15 is 0 Å². The molecule has 2 saturated carbocycles. The molecule has 3 aliphatic rings. The Kier molecular flexibility index (Phi) is 5.76. The molecule has 2 aliphatic carbocycles. The lowest BCUT2D eigenvalue weighted by molar-refractivity contribution is -0.179. The van der Waals surface area contributed by atoms with Crippen LogP contribution in [0.2, 0.25) is 0 Å². The van der Waals surface area contributed by atoms with Gasteiger partial charge in [0, 0.05) is 24.8 Å². The second kappa shape index (κ2) is 8.13. The van der Waals surface area contributed by atoms with E-state index in [1.54, 1.807) is 11.4 Å². The zero-order valence-electron chi connectivity index (χ0n) is 16.4. The van der Waals surface area contributed by atoms with Crippen LogP contribution in [0.15, 0.2) is 11.4 Å². The normalized spacial score (nSPS) is 27.8. The number of carboxylic acid groups (broad SMARTS) is 1. The van der Waals surface area contributed by atoms with Crippen molar-refractivity contribution in [2.45, 2.75) is 70.1 Å². The number of nitrogens with zero attached hydrogens (tertiary/aromatic N) is 1. The van der Waals surface area contributed by atoms with E-state index in [4.69, 9.17) is 9.47 Å². The number of amides is 1. The van der Waals surface area contributed by atoms with Gasteiger partial charge in [0.2, 0.25) is 5.91 Å². The summed E-state index contributed by atoms with van der Waals surface area (Å²) in [5.74, 6) is -0.695. The third-order valence-corrected chi connectivity index (χ3v) is 7.49. The first kappa shape index (κ1) is 19.9. The van der Waals surface area contributed by atoms with Gasteiger partial charge in [-0.2, -0.15) is 0 Å². The first-order valence-electron chi connectivity index (χ1n) is 10.4. The maximum Gasteiger partial charge on any atom is 0.348 e. The van der Waals surface area contributed by atoms with Gasteiger partial charge in [0.25, 0.3) is 0 Å². The van der Waals surface area contributed by atoms with E-state index in [1.807, 2.05) is 4.90 Å². The number of carboxylic acids is 1. The maximum atomic E-state index is 13.6. The number of rotatable bonds is 4. The van der Waals surface area contributed by atoms with Gasteiger partial charge >= 0.3 is 5.97 Å². The van der Waals surface area contributed by atoms with Gasteiger partial charge in [0.1, 0.15) is 4.88 Å². The molecule has 3 fully saturated rings. The van der Waals surface area contributed by atoms with Crippen molar-refractivity contribution in [3.05, 3.63) is 16.3 Å². The molecule has 1 N–H and O–H groups in total. The van der Waals surface area contributed by atoms with Crippen LogP contribution in [-0.2, 0) is 14.3 Å². The maximum absolute atomic E-state index is 13.6. The lowest BCUT2D eigenvalue weighted by Gasteiger charge is -2.42. The number of anilines is 1. The molecule has 1 aliphatic heterocycles. The van der Waals surface area contributed by atoms with Gasteiger partial charge in [-0.15, -0.1) is 11.3 Å². The van der Waals surface area contributed by atoms with Crippen LogP contribution in [0.5, 0.6) is 0 Å². The van der Waals surface area contributed by atoms with E-state index in [-0.39, 0.29) is 22.7 Å². The van der Waals surface area contributed by atoms with Crippen molar-refractivity contribution in [1.29, 1.82) is 0 Å². The van der Waals surface area contributed by atoms with Crippen LogP contribution < -0.4 is 4.90 Å². The summed E-state index contributed by atoms with van der Waals surface area (Å²) in [7, 11) is 0. The fourth-order valence-electron chi connectivity index (χ4n) is 4.94. The zero-order valence-corrected chi connectivity index (χ0v) is 17.2. The number of carbonyl (C=O) groups excluding carboxylic acids is 1. The molecule has 1 aromatic heterocycles. The third kappa shape index (κ3) is 3.84. The van der Waals surface area contributed by atoms with E-state index in [2.05, 4.69) is 6.92 Å². The molecule has 1 aromatic rings. The summed E-state index contributed by atoms with van der Waals surface area (Å²) in [5, 5.41) is 11.4.